The second kappa shape index (κ2) is 6.53. The lowest BCUT2D eigenvalue weighted by Crippen LogP contribution is -2.52. The fourth-order valence-corrected chi connectivity index (χ4v) is 3.68. The lowest BCUT2D eigenvalue weighted by Gasteiger charge is -2.34. The number of rotatable bonds is 3. The molecule has 3 amide bonds. The van der Waals surface area contributed by atoms with Gasteiger partial charge >= 0.3 is 6.03 Å². The summed E-state index contributed by atoms with van der Waals surface area (Å²) >= 11 is 0. The lowest BCUT2D eigenvalue weighted by atomic mass is 9.86. The zero-order chi connectivity index (χ0) is 19.2. The third-order valence-electron chi connectivity index (χ3n) is 5.33. The predicted octanol–water partition coefficient (Wildman–Crippen LogP) is 2.98. The number of benzene rings is 1. The molecule has 1 N–H and O–H groups in total. The van der Waals surface area contributed by atoms with Crippen LogP contribution in [0.25, 0.3) is 11.3 Å². The first-order valence-electron chi connectivity index (χ1n) is 9.35. The van der Waals surface area contributed by atoms with E-state index in [0.717, 1.165) is 23.6 Å². The van der Waals surface area contributed by atoms with Crippen LogP contribution in [0.5, 0.6) is 0 Å². The fraction of sp³-hybridized carbons (Fsp3) is 0.429. The lowest BCUT2D eigenvalue weighted by molar-refractivity contribution is -0.122. The van der Waals surface area contributed by atoms with Crippen LogP contribution < -0.4 is 5.32 Å². The molecular formula is C21H25N3O3. The summed E-state index contributed by atoms with van der Waals surface area (Å²) in [4.78, 5) is 27.3. The molecule has 0 unspecified atom stereocenters. The fourth-order valence-electron chi connectivity index (χ4n) is 3.68. The van der Waals surface area contributed by atoms with Gasteiger partial charge in [0.25, 0.3) is 5.91 Å². The van der Waals surface area contributed by atoms with Crippen LogP contribution in [0, 0.1) is 0 Å². The van der Waals surface area contributed by atoms with Crippen molar-refractivity contribution in [2.45, 2.75) is 38.8 Å². The Morgan fingerprint density at radius 2 is 1.81 bits per heavy atom. The molecule has 27 heavy (non-hydrogen) atoms. The molecule has 2 aliphatic heterocycles. The number of amides is 3. The van der Waals surface area contributed by atoms with Crippen molar-refractivity contribution in [1.82, 2.24) is 15.1 Å². The van der Waals surface area contributed by atoms with Gasteiger partial charge in [-0.05, 0) is 23.1 Å². The van der Waals surface area contributed by atoms with Crippen LogP contribution >= 0.6 is 0 Å². The van der Waals surface area contributed by atoms with Gasteiger partial charge in [-0.2, -0.15) is 0 Å². The highest BCUT2D eigenvalue weighted by molar-refractivity contribution is 6.04. The van der Waals surface area contributed by atoms with Crippen LogP contribution in [0.2, 0.25) is 0 Å². The molecule has 0 bridgehead atoms. The van der Waals surface area contributed by atoms with E-state index in [2.05, 4.69) is 55.3 Å². The topological polar surface area (TPSA) is 65.8 Å². The summed E-state index contributed by atoms with van der Waals surface area (Å²) in [6, 6.07) is 11.8. The van der Waals surface area contributed by atoms with Crippen LogP contribution in [0.4, 0.5) is 4.79 Å². The molecule has 0 aliphatic carbocycles. The molecule has 142 valence electrons. The number of nitrogens with zero attached hydrogens (tertiary/aromatic N) is 2. The minimum Gasteiger partial charge on any atom is -0.460 e. The summed E-state index contributed by atoms with van der Waals surface area (Å²) in [5.74, 6) is 1.50. The second-order valence-electron chi connectivity index (χ2n) is 8.33. The smallest absolute Gasteiger partial charge is 0.324 e. The highest BCUT2D eigenvalue weighted by atomic mass is 16.3. The molecule has 1 atom stereocenters. The van der Waals surface area contributed by atoms with E-state index in [0.29, 0.717) is 19.6 Å². The molecule has 4 rings (SSSR count). The van der Waals surface area contributed by atoms with Gasteiger partial charge in [-0.1, -0.05) is 45.0 Å². The van der Waals surface area contributed by atoms with Gasteiger partial charge in [0.05, 0.1) is 6.54 Å². The summed E-state index contributed by atoms with van der Waals surface area (Å²) in [7, 11) is 0. The number of hydrogen-bond acceptors (Lipinski definition) is 4. The maximum absolute atomic E-state index is 11.9. The number of hydrogen-bond donors (Lipinski definition) is 1. The van der Waals surface area contributed by atoms with Crippen LogP contribution in [0.15, 0.2) is 40.8 Å². The minimum absolute atomic E-state index is 0.128. The van der Waals surface area contributed by atoms with Crippen molar-refractivity contribution >= 4 is 11.9 Å². The first kappa shape index (κ1) is 17.8. The number of nitrogens with one attached hydrogen (secondary N) is 1. The van der Waals surface area contributed by atoms with Gasteiger partial charge in [0.1, 0.15) is 17.6 Å². The molecule has 2 fully saturated rings. The molecule has 2 aliphatic rings. The molecule has 0 radical (unpaired) electrons. The number of fused-ring (bicyclic) bond motifs is 1. The highest BCUT2D eigenvalue weighted by Gasteiger charge is 2.41. The van der Waals surface area contributed by atoms with Crippen molar-refractivity contribution < 1.29 is 14.0 Å². The maximum Gasteiger partial charge on any atom is 0.324 e. The van der Waals surface area contributed by atoms with E-state index in [-0.39, 0.29) is 23.4 Å². The summed E-state index contributed by atoms with van der Waals surface area (Å²) in [6.07, 6.45) is 0. The van der Waals surface area contributed by atoms with E-state index in [1.165, 1.54) is 5.56 Å². The summed E-state index contributed by atoms with van der Waals surface area (Å²) in [5, 5.41) is 2.38. The predicted molar refractivity (Wildman–Crippen MR) is 102 cm³/mol. The average Bonchev–Trinajstić information content (AvgIpc) is 3.19. The molecule has 2 saturated heterocycles. The Morgan fingerprint density at radius 3 is 2.52 bits per heavy atom. The largest absolute Gasteiger partial charge is 0.460 e. The summed E-state index contributed by atoms with van der Waals surface area (Å²) in [5.41, 5.74) is 2.48. The molecular weight excluding hydrogens is 342 g/mol. The highest BCUT2D eigenvalue weighted by Crippen LogP contribution is 2.28. The third-order valence-corrected chi connectivity index (χ3v) is 5.33. The number of carbonyl (C=O) groups excluding carboxylic acids is 2. The molecule has 2 aromatic rings. The quantitative estimate of drug-likeness (QED) is 0.847. The molecule has 6 nitrogen and oxygen atoms in total. The molecule has 1 aromatic carbocycles. The van der Waals surface area contributed by atoms with Crippen molar-refractivity contribution in [3.63, 3.8) is 0 Å². The van der Waals surface area contributed by atoms with Crippen molar-refractivity contribution in [2.75, 3.05) is 19.6 Å². The molecule has 1 aromatic heterocycles. The number of urea groups is 1. The van der Waals surface area contributed by atoms with Crippen LogP contribution in [0.3, 0.4) is 0 Å². The Morgan fingerprint density at radius 1 is 1.07 bits per heavy atom. The van der Waals surface area contributed by atoms with Crippen molar-refractivity contribution in [3.05, 3.63) is 47.7 Å². The van der Waals surface area contributed by atoms with E-state index in [4.69, 9.17) is 4.42 Å². The molecule has 3 heterocycles. The number of carbonyl (C=O) groups is 2. The standard InChI is InChI=1S/C21H25N3O3/c1-21(2,3)15-6-4-14(5-7-15)18-9-8-16(27-18)12-23-10-11-24-17(13-23)19(25)22-20(24)26/h4-9,17H,10-13H2,1-3H3,(H,22,25,26)/t17-/m1/s1. The number of piperazine rings is 1. The zero-order valence-electron chi connectivity index (χ0n) is 16.0. The van der Waals surface area contributed by atoms with Gasteiger partial charge in [0.2, 0.25) is 0 Å². The van der Waals surface area contributed by atoms with Gasteiger partial charge in [-0.3, -0.25) is 15.0 Å². The summed E-state index contributed by atoms with van der Waals surface area (Å²) in [6.45, 7) is 9.05. The molecule has 0 saturated carbocycles. The Balaban J connectivity index is 1.43. The van der Waals surface area contributed by atoms with Crippen LogP contribution in [-0.4, -0.2) is 47.4 Å². The van der Waals surface area contributed by atoms with Gasteiger partial charge in [0.15, 0.2) is 0 Å². The van der Waals surface area contributed by atoms with Crippen LogP contribution in [0.1, 0.15) is 32.1 Å². The maximum atomic E-state index is 11.9. The van der Waals surface area contributed by atoms with Gasteiger partial charge < -0.3 is 9.32 Å². The molecule has 6 heteroatoms. The Kier molecular flexibility index (Phi) is 4.30. The number of furan rings is 1. The van der Waals surface area contributed by atoms with E-state index >= 15 is 0 Å². The van der Waals surface area contributed by atoms with E-state index in [1.54, 1.807) is 4.90 Å². The normalized spacial score (nSPS) is 20.7. The van der Waals surface area contributed by atoms with Crippen LogP contribution in [-0.2, 0) is 16.8 Å². The van der Waals surface area contributed by atoms with Gasteiger partial charge in [-0.25, -0.2) is 4.79 Å². The van der Waals surface area contributed by atoms with Crippen molar-refractivity contribution in [2.24, 2.45) is 0 Å². The Hall–Kier alpha value is -2.60. The Bertz CT molecular complexity index is 864. The van der Waals surface area contributed by atoms with Gasteiger partial charge in [0, 0.05) is 25.2 Å². The molecule has 0 spiro atoms. The minimum atomic E-state index is -0.384. The van der Waals surface area contributed by atoms with Crippen molar-refractivity contribution in [1.29, 1.82) is 0 Å². The first-order valence-corrected chi connectivity index (χ1v) is 9.35. The Labute approximate surface area is 159 Å². The van der Waals surface area contributed by atoms with E-state index in [9.17, 15) is 9.59 Å². The van der Waals surface area contributed by atoms with Gasteiger partial charge in [-0.15, -0.1) is 0 Å². The second-order valence-corrected chi connectivity index (χ2v) is 8.33. The summed E-state index contributed by atoms with van der Waals surface area (Å²) < 4.78 is 6.03. The first-order chi connectivity index (χ1) is 12.8. The third kappa shape index (κ3) is 3.49. The average molecular weight is 367 g/mol. The zero-order valence-corrected chi connectivity index (χ0v) is 16.0. The number of imide groups is 1. The monoisotopic (exact) mass is 367 g/mol. The SMILES string of the molecule is CC(C)(C)c1ccc(-c2ccc(CN3CCN4C(=O)NC(=O)[C@H]4C3)o2)cc1. The van der Waals surface area contributed by atoms with E-state index < -0.39 is 0 Å². The van der Waals surface area contributed by atoms with E-state index in [1.807, 2.05) is 12.1 Å². The van der Waals surface area contributed by atoms with Crippen molar-refractivity contribution in [3.8, 4) is 11.3 Å².